The predicted molar refractivity (Wildman–Crippen MR) is 135 cm³/mol. The van der Waals surface area contributed by atoms with Crippen molar-refractivity contribution in [2.45, 2.75) is 77.4 Å². The molecule has 0 aliphatic rings. The lowest BCUT2D eigenvalue weighted by atomic mass is 10.0. The predicted octanol–water partition coefficient (Wildman–Crippen LogP) is 6.52. The van der Waals surface area contributed by atoms with Crippen molar-refractivity contribution < 1.29 is 28.6 Å². The van der Waals surface area contributed by atoms with Crippen molar-refractivity contribution in [2.75, 3.05) is 0 Å². The Bertz CT molecular complexity index is 979. The molecule has 0 aliphatic carbocycles. The number of amides is 1. The molecule has 2 aromatic carbocycles. The third-order valence-corrected chi connectivity index (χ3v) is 10.1. The molecule has 2 aromatic rings. The van der Waals surface area contributed by atoms with Crippen molar-refractivity contribution in [2.24, 2.45) is 0 Å². The molecule has 0 fully saturated rings. The maximum absolute atomic E-state index is 12.5. The quantitative estimate of drug-likeness (QED) is 0.412. The Morgan fingerprint density at radius 2 is 1.50 bits per heavy atom. The van der Waals surface area contributed by atoms with Gasteiger partial charge in [0.1, 0.15) is 23.2 Å². The van der Waals surface area contributed by atoms with Gasteiger partial charge in [0.15, 0.2) is 14.4 Å². The number of carbonyl (C=O) groups excluding carboxylic acids is 1. The van der Waals surface area contributed by atoms with Gasteiger partial charge in [0.25, 0.3) is 0 Å². The summed E-state index contributed by atoms with van der Waals surface area (Å²) in [6.45, 7) is 15.4. The SMILES string of the molecule is CC(C)(C)OC(=O)N[C@H](C(=O)O)[C@@H](O[Si](C)(C)C(C)(C)C)c1cccc(Oc2ccccc2)c1. The van der Waals surface area contributed by atoms with Gasteiger partial charge in [0, 0.05) is 0 Å². The third kappa shape index (κ3) is 7.88. The standard InChI is InChI=1S/C26H37NO6Si/c1-25(2,3)32-24(30)27-21(23(28)29)22(33-34(7,8)26(4,5)6)18-13-12-16-20(17-18)31-19-14-10-9-11-15-19/h9-17,21-22H,1-8H3,(H,27,30)(H,28,29)/t21-,22-/m0/s1. The highest BCUT2D eigenvalue weighted by atomic mass is 28.4. The van der Waals surface area contributed by atoms with Crippen LogP contribution in [-0.4, -0.2) is 37.1 Å². The first-order valence-corrected chi connectivity index (χ1v) is 14.2. The number of carboxylic acid groups (broad SMARTS) is 1. The van der Waals surface area contributed by atoms with E-state index in [1.807, 2.05) is 43.4 Å². The van der Waals surface area contributed by atoms with E-state index in [2.05, 4.69) is 26.1 Å². The molecule has 0 spiro atoms. The summed E-state index contributed by atoms with van der Waals surface area (Å²) in [7, 11) is -2.45. The normalized spacial score (nSPS) is 14.1. The Hall–Kier alpha value is -2.84. The summed E-state index contributed by atoms with van der Waals surface area (Å²) in [4.78, 5) is 24.9. The van der Waals surface area contributed by atoms with Crippen molar-refractivity contribution in [1.82, 2.24) is 5.32 Å². The Labute approximate surface area is 203 Å². The van der Waals surface area contributed by atoms with Crippen molar-refractivity contribution in [1.29, 1.82) is 0 Å². The third-order valence-electron chi connectivity index (χ3n) is 5.63. The number of aliphatic carboxylic acids is 1. The van der Waals surface area contributed by atoms with E-state index in [-0.39, 0.29) is 5.04 Å². The molecular formula is C26H37NO6Si. The summed E-state index contributed by atoms with van der Waals surface area (Å²) in [6, 6.07) is 15.0. The van der Waals surface area contributed by atoms with E-state index < -0.39 is 38.1 Å². The number of hydrogen-bond donors (Lipinski definition) is 2. The summed E-state index contributed by atoms with van der Waals surface area (Å²) in [5.41, 5.74) is -0.187. The van der Waals surface area contributed by atoms with Gasteiger partial charge in [0.2, 0.25) is 0 Å². The Kier molecular flexibility index (Phi) is 8.55. The van der Waals surface area contributed by atoms with Gasteiger partial charge in [-0.05, 0) is 68.7 Å². The Balaban J connectivity index is 2.47. The second-order valence-electron chi connectivity index (χ2n) is 10.7. The van der Waals surface area contributed by atoms with E-state index in [4.69, 9.17) is 13.9 Å². The van der Waals surface area contributed by atoms with Crippen LogP contribution in [0.15, 0.2) is 54.6 Å². The van der Waals surface area contributed by atoms with Gasteiger partial charge in [-0.15, -0.1) is 0 Å². The molecule has 186 valence electrons. The second kappa shape index (κ2) is 10.6. The van der Waals surface area contributed by atoms with Gasteiger partial charge < -0.3 is 24.3 Å². The molecule has 2 atom stereocenters. The van der Waals surface area contributed by atoms with E-state index in [1.165, 1.54) is 0 Å². The number of benzene rings is 2. The molecule has 7 nitrogen and oxygen atoms in total. The maximum Gasteiger partial charge on any atom is 0.408 e. The first-order valence-electron chi connectivity index (χ1n) is 11.3. The van der Waals surface area contributed by atoms with E-state index in [1.54, 1.807) is 45.0 Å². The van der Waals surface area contributed by atoms with Crippen molar-refractivity contribution >= 4 is 20.4 Å². The van der Waals surface area contributed by atoms with Crippen LogP contribution in [0.25, 0.3) is 0 Å². The molecule has 0 heterocycles. The molecule has 1 amide bonds. The van der Waals surface area contributed by atoms with Crippen LogP contribution in [0.2, 0.25) is 18.1 Å². The number of carboxylic acids is 1. The zero-order valence-electron chi connectivity index (χ0n) is 21.3. The second-order valence-corrected chi connectivity index (χ2v) is 15.5. The summed E-state index contributed by atoms with van der Waals surface area (Å²) >= 11 is 0. The molecular weight excluding hydrogens is 450 g/mol. The molecule has 34 heavy (non-hydrogen) atoms. The lowest BCUT2D eigenvalue weighted by molar-refractivity contribution is -0.142. The van der Waals surface area contributed by atoms with Gasteiger partial charge >= 0.3 is 12.1 Å². The minimum absolute atomic E-state index is 0.182. The number of hydrogen-bond acceptors (Lipinski definition) is 5. The lowest BCUT2D eigenvalue weighted by Gasteiger charge is -2.41. The number of nitrogens with one attached hydrogen (secondary N) is 1. The molecule has 0 bridgehead atoms. The van der Waals surface area contributed by atoms with Gasteiger partial charge in [-0.25, -0.2) is 9.59 Å². The molecule has 0 saturated heterocycles. The Morgan fingerprint density at radius 3 is 2.03 bits per heavy atom. The molecule has 2 N–H and O–H groups in total. The molecule has 0 aliphatic heterocycles. The van der Waals surface area contributed by atoms with Crippen molar-refractivity contribution in [3.63, 3.8) is 0 Å². The largest absolute Gasteiger partial charge is 0.480 e. The van der Waals surface area contributed by atoms with Crippen molar-refractivity contribution in [3.05, 3.63) is 60.2 Å². The fourth-order valence-electron chi connectivity index (χ4n) is 2.90. The number of para-hydroxylation sites is 1. The van der Waals surface area contributed by atoms with E-state index in [0.29, 0.717) is 17.1 Å². The monoisotopic (exact) mass is 487 g/mol. The van der Waals surface area contributed by atoms with Crippen LogP contribution in [-0.2, 0) is 14.0 Å². The minimum atomic E-state index is -2.45. The number of carbonyl (C=O) groups is 2. The van der Waals surface area contributed by atoms with E-state index in [0.717, 1.165) is 0 Å². The first-order chi connectivity index (χ1) is 15.6. The van der Waals surface area contributed by atoms with Gasteiger partial charge in [-0.1, -0.05) is 51.1 Å². The van der Waals surface area contributed by atoms with E-state index in [9.17, 15) is 14.7 Å². The highest BCUT2D eigenvalue weighted by Gasteiger charge is 2.43. The van der Waals surface area contributed by atoms with Crippen LogP contribution in [0, 0.1) is 0 Å². The Morgan fingerprint density at radius 1 is 0.912 bits per heavy atom. The highest BCUT2D eigenvalue weighted by Crippen LogP contribution is 2.41. The molecule has 2 rings (SSSR count). The van der Waals surface area contributed by atoms with Gasteiger partial charge in [0.05, 0.1) is 0 Å². The summed E-state index contributed by atoms with van der Waals surface area (Å²) < 4.78 is 17.9. The van der Waals surface area contributed by atoms with Crippen LogP contribution < -0.4 is 10.1 Å². The fraction of sp³-hybridized carbons (Fsp3) is 0.462. The number of alkyl carbamates (subject to hydrolysis) is 1. The number of ether oxygens (including phenoxy) is 2. The zero-order valence-corrected chi connectivity index (χ0v) is 22.3. The highest BCUT2D eigenvalue weighted by molar-refractivity contribution is 6.74. The fourth-order valence-corrected chi connectivity index (χ4v) is 4.16. The molecule has 8 heteroatoms. The van der Waals surface area contributed by atoms with Crippen LogP contribution in [0.4, 0.5) is 4.79 Å². The van der Waals surface area contributed by atoms with E-state index >= 15 is 0 Å². The lowest BCUT2D eigenvalue weighted by Crippen LogP contribution is -2.51. The summed E-state index contributed by atoms with van der Waals surface area (Å²) in [6.07, 6.45) is -1.77. The maximum atomic E-state index is 12.5. The van der Waals surface area contributed by atoms with Crippen molar-refractivity contribution in [3.8, 4) is 11.5 Å². The number of rotatable bonds is 8. The van der Waals surface area contributed by atoms with Crippen LogP contribution >= 0.6 is 0 Å². The zero-order chi connectivity index (χ0) is 25.7. The summed E-state index contributed by atoms with van der Waals surface area (Å²) in [5.74, 6) is -0.0268. The molecule has 0 radical (unpaired) electrons. The first kappa shape index (κ1) is 27.4. The molecule has 0 unspecified atom stereocenters. The van der Waals surface area contributed by atoms with Gasteiger partial charge in [-0.3, -0.25) is 0 Å². The smallest absolute Gasteiger partial charge is 0.408 e. The van der Waals surface area contributed by atoms with Crippen LogP contribution in [0.5, 0.6) is 11.5 Å². The average Bonchev–Trinajstić information content (AvgIpc) is 2.69. The summed E-state index contributed by atoms with van der Waals surface area (Å²) in [5, 5.41) is 12.4. The van der Waals surface area contributed by atoms with Gasteiger partial charge in [-0.2, -0.15) is 0 Å². The van der Waals surface area contributed by atoms with Crippen LogP contribution in [0.3, 0.4) is 0 Å². The molecule has 0 saturated carbocycles. The molecule has 0 aromatic heterocycles. The topological polar surface area (TPSA) is 94.1 Å². The average molecular weight is 488 g/mol. The minimum Gasteiger partial charge on any atom is -0.480 e. The van der Waals surface area contributed by atoms with Crippen LogP contribution in [0.1, 0.15) is 53.2 Å².